The molecule has 1 heterocycles. The summed E-state index contributed by atoms with van der Waals surface area (Å²) in [5.74, 6) is 0.680. The molecule has 1 aliphatic rings. The van der Waals surface area contributed by atoms with Crippen LogP contribution in [-0.4, -0.2) is 65.7 Å². The summed E-state index contributed by atoms with van der Waals surface area (Å²) in [4.78, 5) is 6.05. The van der Waals surface area contributed by atoms with E-state index in [1.54, 1.807) is 25.2 Å². The lowest BCUT2D eigenvalue weighted by Gasteiger charge is -2.22. The van der Waals surface area contributed by atoms with Crippen LogP contribution in [0.1, 0.15) is 6.42 Å². The van der Waals surface area contributed by atoms with Crippen LogP contribution in [-0.2, 0) is 9.84 Å². The molecule has 11 heteroatoms. The second kappa shape index (κ2) is 10.8. The van der Waals surface area contributed by atoms with Gasteiger partial charge in [-0.2, -0.15) is 8.78 Å². The minimum Gasteiger partial charge on any atom is -0.433 e. The molecular weight excluding hydrogens is 493 g/mol. The van der Waals surface area contributed by atoms with Crippen molar-refractivity contribution in [3.8, 4) is 5.75 Å². The summed E-state index contributed by atoms with van der Waals surface area (Å²) in [5, 5.41) is 6.19. The summed E-state index contributed by atoms with van der Waals surface area (Å²) in [6.45, 7) is -1.33. The molecule has 2 N–H and O–H groups in total. The minimum atomic E-state index is -3.04. The van der Waals surface area contributed by atoms with Gasteiger partial charge in [0.1, 0.15) is 15.6 Å². The predicted molar refractivity (Wildman–Crippen MR) is 113 cm³/mol. The third kappa shape index (κ3) is 8.03. The summed E-state index contributed by atoms with van der Waals surface area (Å²) < 4.78 is 52.1. The second-order valence-corrected chi connectivity index (χ2v) is 8.31. The highest BCUT2D eigenvalue weighted by Crippen LogP contribution is 2.31. The Kier molecular flexibility index (Phi) is 9.50. The number of guanidine groups is 1. The number of benzene rings is 1. The van der Waals surface area contributed by atoms with Gasteiger partial charge >= 0.3 is 6.61 Å². The van der Waals surface area contributed by atoms with Crippen molar-refractivity contribution in [2.45, 2.75) is 19.1 Å². The molecule has 1 unspecified atom stereocenters. The van der Waals surface area contributed by atoms with E-state index in [1.807, 2.05) is 4.90 Å². The Hall–Kier alpha value is -1.37. The van der Waals surface area contributed by atoms with Gasteiger partial charge in [-0.25, -0.2) is 8.42 Å². The second-order valence-electron chi connectivity index (χ2n) is 6.05. The first-order chi connectivity index (χ1) is 12.3. The highest BCUT2D eigenvalue weighted by molar-refractivity contribution is 14.0. The van der Waals surface area contributed by atoms with E-state index in [2.05, 4.69) is 20.4 Å². The Morgan fingerprint density at radius 2 is 2.11 bits per heavy atom. The topological polar surface area (TPSA) is 83.0 Å². The fraction of sp³-hybridized carbons (Fsp3) is 0.562. The van der Waals surface area contributed by atoms with Crippen LogP contribution >= 0.6 is 24.0 Å². The van der Waals surface area contributed by atoms with E-state index in [0.29, 0.717) is 24.7 Å². The number of rotatable bonds is 7. The first-order valence-corrected chi connectivity index (χ1v) is 10.3. The van der Waals surface area contributed by atoms with Gasteiger partial charge in [0.05, 0.1) is 11.4 Å². The summed E-state index contributed by atoms with van der Waals surface area (Å²) in [6, 6.07) is 6.76. The lowest BCUT2D eigenvalue weighted by atomic mass is 10.2. The minimum absolute atomic E-state index is 0. The van der Waals surface area contributed by atoms with Gasteiger partial charge in [-0.3, -0.25) is 4.99 Å². The standard InChI is InChI=1S/C16H24F2N4O3S.HI/c1-19-16(20-8-10-26(2,23)24)21-12-7-9-22(11-12)13-5-3-4-6-14(13)25-15(17)18;/h3-6,12,15H,7-11H2,1-2H3,(H2,19,20,21);1H. The van der Waals surface area contributed by atoms with E-state index < -0.39 is 16.4 Å². The molecule has 0 radical (unpaired) electrons. The Balaban J connectivity index is 0.00000364. The predicted octanol–water partition coefficient (Wildman–Crippen LogP) is 1.69. The summed E-state index contributed by atoms with van der Waals surface area (Å²) >= 11 is 0. The number of nitrogens with zero attached hydrogens (tertiary/aromatic N) is 2. The number of halogens is 3. The highest BCUT2D eigenvalue weighted by Gasteiger charge is 2.26. The summed E-state index contributed by atoms with van der Waals surface area (Å²) in [5.41, 5.74) is 0.622. The van der Waals surface area contributed by atoms with E-state index in [0.717, 1.165) is 6.42 Å². The maximum atomic E-state index is 12.6. The monoisotopic (exact) mass is 518 g/mol. The molecule has 1 aliphatic heterocycles. The number of anilines is 1. The van der Waals surface area contributed by atoms with Gasteiger partial charge in [0.15, 0.2) is 5.96 Å². The van der Waals surface area contributed by atoms with Crippen molar-refractivity contribution >= 4 is 45.5 Å². The number of sulfone groups is 1. The third-order valence-electron chi connectivity index (χ3n) is 3.94. The molecule has 0 spiro atoms. The Morgan fingerprint density at radius 3 is 2.74 bits per heavy atom. The molecule has 0 aliphatic carbocycles. The lowest BCUT2D eigenvalue weighted by Crippen LogP contribution is -2.45. The lowest BCUT2D eigenvalue weighted by molar-refractivity contribution is -0.0495. The fourth-order valence-corrected chi connectivity index (χ4v) is 3.23. The first-order valence-electron chi connectivity index (χ1n) is 8.22. The number of para-hydroxylation sites is 2. The SMILES string of the molecule is CN=C(NCCS(C)(=O)=O)NC1CCN(c2ccccc2OC(F)F)C1.I. The van der Waals surface area contributed by atoms with Crippen molar-refractivity contribution in [3.63, 3.8) is 0 Å². The van der Waals surface area contributed by atoms with Gasteiger partial charge < -0.3 is 20.3 Å². The number of alkyl halides is 2. The van der Waals surface area contributed by atoms with Crippen molar-refractivity contribution in [3.05, 3.63) is 24.3 Å². The Labute approximate surface area is 175 Å². The molecule has 154 valence electrons. The summed E-state index contributed by atoms with van der Waals surface area (Å²) in [6.07, 6.45) is 1.97. The molecule has 1 aromatic carbocycles. The number of aliphatic imine (C=N–C) groups is 1. The van der Waals surface area contributed by atoms with Gasteiger partial charge in [0.25, 0.3) is 0 Å². The van der Waals surface area contributed by atoms with E-state index in [1.165, 1.54) is 12.3 Å². The van der Waals surface area contributed by atoms with Crippen molar-refractivity contribution < 1.29 is 21.9 Å². The molecule has 7 nitrogen and oxygen atoms in total. The van der Waals surface area contributed by atoms with Crippen molar-refractivity contribution in [1.29, 1.82) is 0 Å². The number of nitrogens with one attached hydrogen (secondary N) is 2. The smallest absolute Gasteiger partial charge is 0.387 e. The number of hydrogen-bond donors (Lipinski definition) is 2. The van der Waals surface area contributed by atoms with Crippen LogP contribution < -0.4 is 20.3 Å². The number of ether oxygens (including phenoxy) is 1. The van der Waals surface area contributed by atoms with E-state index in [9.17, 15) is 17.2 Å². The summed E-state index contributed by atoms with van der Waals surface area (Å²) in [7, 11) is -1.44. The molecule has 27 heavy (non-hydrogen) atoms. The zero-order valence-corrected chi connectivity index (χ0v) is 18.3. The first kappa shape index (κ1) is 23.7. The van der Waals surface area contributed by atoms with Crippen LogP contribution in [0.3, 0.4) is 0 Å². The maximum Gasteiger partial charge on any atom is 0.387 e. The van der Waals surface area contributed by atoms with Crippen molar-refractivity contribution in [2.24, 2.45) is 4.99 Å². The molecule has 0 amide bonds. The van der Waals surface area contributed by atoms with Crippen LogP contribution in [0.15, 0.2) is 29.3 Å². The molecule has 0 saturated carbocycles. The molecule has 1 atom stereocenters. The van der Waals surface area contributed by atoms with Crippen LogP contribution in [0.2, 0.25) is 0 Å². The normalized spacial score (nSPS) is 17.6. The molecular formula is C16H25F2IN4O3S. The highest BCUT2D eigenvalue weighted by atomic mass is 127. The molecule has 1 saturated heterocycles. The van der Waals surface area contributed by atoms with Crippen molar-refractivity contribution in [2.75, 3.05) is 43.6 Å². The Morgan fingerprint density at radius 1 is 1.41 bits per heavy atom. The molecule has 0 aromatic heterocycles. The van der Waals surface area contributed by atoms with E-state index >= 15 is 0 Å². The van der Waals surface area contributed by atoms with Crippen LogP contribution in [0.25, 0.3) is 0 Å². The fourth-order valence-electron chi connectivity index (χ4n) is 2.75. The third-order valence-corrected chi connectivity index (χ3v) is 4.89. The van der Waals surface area contributed by atoms with E-state index in [4.69, 9.17) is 0 Å². The molecule has 2 rings (SSSR count). The largest absolute Gasteiger partial charge is 0.433 e. The number of hydrogen-bond acceptors (Lipinski definition) is 5. The zero-order chi connectivity index (χ0) is 19.2. The van der Waals surface area contributed by atoms with E-state index in [-0.39, 0.29) is 48.1 Å². The zero-order valence-electron chi connectivity index (χ0n) is 15.2. The van der Waals surface area contributed by atoms with Gasteiger partial charge in [-0.1, -0.05) is 12.1 Å². The average molecular weight is 518 g/mol. The van der Waals surface area contributed by atoms with Gasteiger partial charge in [0.2, 0.25) is 0 Å². The quantitative estimate of drug-likeness (QED) is 0.325. The van der Waals surface area contributed by atoms with Gasteiger partial charge in [-0.15, -0.1) is 24.0 Å². The molecule has 0 bridgehead atoms. The van der Waals surface area contributed by atoms with Crippen molar-refractivity contribution in [1.82, 2.24) is 10.6 Å². The molecule has 1 aromatic rings. The van der Waals surface area contributed by atoms with Gasteiger partial charge in [0, 0.05) is 39.0 Å². The van der Waals surface area contributed by atoms with Crippen LogP contribution in [0, 0.1) is 0 Å². The maximum absolute atomic E-state index is 12.6. The van der Waals surface area contributed by atoms with Gasteiger partial charge in [-0.05, 0) is 18.6 Å². The van der Waals surface area contributed by atoms with Crippen LogP contribution in [0.5, 0.6) is 5.75 Å². The van der Waals surface area contributed by atoms with Crippen LogP contribution in [0.4, 0.5) is 14.5 Å². The average Bonchev–Trinajstić information content (AvgIpc) is 3.01. The Bertz CT molecular complexity index is 734. The molecule has 1 fully saturated rings.